The normalized spacial score (nSPS) is 11.7. The number of rotatable bonds is 9. The number of nitrogens with one attached hydrogen (secondary N) is 1. The maximum absolute atomic E-state index is 13.2. The van der Waals surface area contributed by atoms with Gasteiger partial charge >= 0.3 is 0 Å². The number of hydrogen-bond donors (Lipinski definition) is 1. The van der Waals surface area contributed by atoms with Crippen molar-refractivity contribution in [1.29, 1.82) is 0 Å². The highest BCUT2D eigenvalue weighted by atomic mass is 32.2. The summed E-state index contributed by atoms with van der Waals surface area (Å²) in [6.07, 6.45) is 8.85. The minimum absolute atomic E-state index is 0.0164. The summed E-state index contributed by atoms with van der Waals surface area (Å²) < 4.78 is 51.9. The van der Waals surface area contributed by atoms with Crippen molar-refractivity contribution in [2.45, 2.75) is 11.4 Å². The van der Waals surface area contributed by atoms with Crippen molar-refractivity contribution in [2.24, 2.45) is 0 Å². The fourth-order valence-corrected chi connectivity index (χ4v) is 4.20. The van der Waals surface area contributed by atoms with Gasteiger partial charge in [0.2, 0.25) is 12.7 Å². The van der Waals surface area contributed by atoms with Gasteiger partial charge in [0.05, 0.1) is 20.8 Å². The Balaban J connectivity index is 1.71. The standard InChI is InChI=1S/C21H18FN5O5S/c1-4-14-10-17(29-2)19(21(24-14)30-3)33(28)26-20-18-15(31-12-22)8-13(9-16(18)32-25-20)11-27-7-5-6-23-27/h1,5-10H,11-12H2,2-3H3,(H,25,26). The molecule has 1 unspecified atom stereocenters. The molecule has 0 aliphatic heterocycles. The Hall–Kier alpha value is -3.95. The lowest BCUT2D eigenvalue weighted by Crippen LogP contribution is -2.17. The second kappa shape index (κ2) is 9.68. The molecule has 1 atom stereocenters. The lowest BCUT2D eigenvalue weighted by Gasteiger charge is -2.15. The first-order chi connectivity index (χ1) is 16.1. The van der Waals surface area contributed by atoms with Crippen LogP contribution < -0.4 is 18.9 Å². The van der Waals surface area contributed by atoms with Crippen molar-refractivity contribution < 1.29 is 27.7 Å². The van der Waals surface area contributed by atoms with Gasteiger partial charge in [-0.15, -0.1) is 6.42 Å². The Morgan fingerprint density at radius 3 is 2.79 bits per heavy atom. The molecule has 10 nitrogen and oxygen atoms in total. The predicted octanol–water partition coefficient (Wildman–Crippen LogP) is 2.91. The topological polar surface area (TPSA) is 120 Å². The molecule has 170 valence electrons. The maximum atomic E-state index is 13.2. The minimum Gasteiger partial charge on any atom is -0.588 e. The molecule has 3 aromatic heterocycles. The molecular weight excluding hydrogens is 453 g/mol. The van der Waals surface area contributed by atoms with Crippen molar-refractivity contribution in [3.8, 4) is 29.7 Å². The molecule has 0 spiro atoms. The Morgan fingerprint density at radius 2 is 2.12 bits per heavy atom. The van der Waals surface area contributed by atoms with E-state index in [2.05, 4.69) is 25.9 Å². The number of ether oxygens (including phenoxy) is 3. The van der Waals surface area contributed by atoms with Gasteiger partial charge in [0, 0.05) is 18.5 Å². The van der Waals surface area contributed by atoms with E-state index in [1.54, 1.807) is 35.3 Å². The summed E-state index contributed by atoms with van der Waals surface area (Å²) in [5.41, 5.74) is 1.30. The summed E-state index contributed by atoms with van der Waals surface area (Å²) in [7, 11) is 2.76. The highest BCUT2D eigenvalue weighted by Crippen LogP contribution is 2.38. The average molecular weight is 471 g/mol. The van der Waals surface area contributed by atoms with Gasteiger partial charge < -0.3 is 23.3 Å². The number of hydrogen-bond acceptors (Lipinski definition) is 9. The number of aromatic nitrogens is 4. The molecule has 0 saturated carbocycles. The van der Waals surface area contributed by atoms with Crippen LogP contribution in [0.5, 0.6) is 17.4 Å². The van der Waals surface area contributed by atoms with Crippen molar-refractivity contribution in [3.63, 3.8) is 0 Å². The fraction of sp³-hybridized carbons (Fsp3) is 0.190. The smallest absolute Gasteiger partial charge is 0.283 e. The van der Waals surface area contributed by atoms with E-state index in [0.717, 1.165) is 5.56 Å². The number of halogens is 1. The lowest BCUT2D eigenvalue weighted by atomic mass is 10.1. The lowest BCUT2D eigenvalue weighted by molar-refractivity contribution is 0.194. The zero-order valence-electron chi connectivity index (χ0n) is 17.6. The van der Waals surface area contributed by atoms with Crippen molar-refractivity contribution >= 4 is 28.1 Å². The molecular formula is C21H18FN5O5S. The molecule has 4 rings (SSSR count). The first-order valence-electron chi connectivity index (χ1n) is 9.44. The number of anilines is 1. The number of terminal acetylenes is 1. The fourth-order valence-electron chi connectivity index (χ4n) is 3.17. The van der Waals surface area contributed by atoms with E-state index in [4.69, 9.17) is 25.2 Å². The highest BCUT2D eigenvalue weighted by molar-refractivity contribution is 7.93. The first-order valence-corrected chi connectivity index (χ1v) is 10.6. The zero-order chi connectivity index (χ0) is 23.4. The van der Waals surface area contributed by atoms with Crippen LogP contribution in [0.4, 0.5) is 10.2 Å². The molecule has 33 heavy (non-hydrogen) atoms. The van der Waals surface area contributed by atoms with Crippen molar-refractivity contribution in [2.75, 3.05) is 25.8 Å². The first kappa shape index (κ1) is 22.3. The number of benzene rings is 1. The molecule has 0 fully saturated rings. The van der Waals surface area contributed by atoms with Crippen LogP contribution in [0.25, 0.3) is 11.0 Å². The molecule has 0 amide bonds. The number of pyridine rings is 1. The molecule has 1 N–H and O–H groups in total. The Labute approximate surface area is 190 Å². The van der Waals surface area contributed by atoms with Gasteiger partial charge in [0.25, 0.3) is 10.8 Å². The van der Waals surface area contributed by atoms with Gasteiger partial charge in [-0.2, -0.15) is 9.82 Å². The molecule has 12 heteroatoms. The summed E-state index contributed by atoms with van der Waals surface area (Å²) in [5, 5.41) is 8.42. The van der Waals surface area contributed by atoms with Gasteiger partial charge in [-0.25, -0.2) is 9.37 Å². The van der Waals surface area contributed by atoms with E-state index in [9.17, 15) is 8.94 Å². The SMILES string of the molecule is C#Cc1cc(OC)c([S+]([O-])Nc2noc3cc(Cn4cccn4)cc(OCF)c23)c(OC)n1. The quantitative estimate of drug-likeness (QED) is 0.290. The third-order valence-corrected chi connectivity index (χ3v) is 5.68. The van der Waals surface area contributed by atoms with E-state index in [-0.39, 0.29) is 33.8 Å². The molecule has 0 bridgehead atoms. The number of alkyl halides is 1. The van der Waals surface area contributed by atoms with Crippen LogP contribution in [0.2, 0.25) is 0 Å². The third kappa shape index (κ3) is 4.50. The van der Waals surface area contributed by atoms with Gasteiger partial charge in [0.15, 0.2) is 11.3 Å². The van der Waals surface area contributed by atoms with E-state index in [1.165, 1.54) is 20.3 Å². The number of nitrogens with zero attached hydrogens (tertiary/aromatic N) is 4. The Kier molecular flexibility index (Phi) is 6.53. The van der Waals surface area contributed by atoms with Crippen LogP contribution in [0.1, 0.15) is 11.3 Å². The van der Waals surface area contributed by atoms with E-state index in [1.807, 2.05) is 0 Å². The molecule has 4 aromatic rings. The maximum Gasteiger partial charge on any atom is 0.283 e. The van der Waals surface area contributed by atoms with Crippen LogP contribution in [-0.2, 0) is 17.9 Å². The summed E-state index contributed by atoms with van der Waals surface area (Å²) >= 11 is -1.96. The molecule has 1 aromatic carbocycles. The molecule has 0 aliphatic rings. The molecule has 0 radical (unpaired) electrons. The van der Waals surface area contributed by atoms with Crippen molar-refractivity contribution in [3.05, 3.63) is 47.9 Å². The molecule has 3 heterocycles. The van der Waals surface area contributed by atoms with Crippen LogP contribution in [0.15, 0.2) is 46.1 Å². The predicted molar refractivity (Wildman–Crippen MR) is 117 cm³/mol. The Morgan fingerprint density at radius 1 is 1.27 bits per heavy atom. The van der Waals surface area contributed by atoms with Crippen LogP contribution in [0.3, 0.4) is 0 Å². The van der Waals surface area contributed by atoms with Crippen LogP contribution >= 0.6 is 0 Å². The van der Waals surface area contributed by atoms with Crippen molar-refractivity contribution in [1.82, 2.24) is 19.9 Å². The molecule has 0 saturated heterocycles. The summed E-state index contributed by atoms with van der Waals surface area (Å²) in [4.78, 5) is 4.24. The number of methoxy groups -OCH3 is 2. The highest BCUT2D eigenvalue weighted by Gasteiger charge is 2.29. The second-order valence-electron chi connectivity index (χ2n) is 6.52. The monoisotopic (exact) mass is 471 g/mol. The number of fused-ring (bicyclic) bond motifs is 1. The summed E-state index contributed by atoms with van der Waals surface area (Å²) in [6.45, 7) is -0.671. The molecule has 0 aliphatic carbocycles. The average Bonchev–Trinajstić information content (AvgIpc) is 3.48. The van der Waals surface area contributed by atoms with Crippen LogP contribution in [-0.4, -0.2) is 45.6 Å². The van der Waals surface area contributed by atoms with Gasteiger partial charge in [-0.1, -0.05) is 5.16 Å². The van der Waals surface area contributed by atoms with Crippen LogP contribution in [0, 0.1) is 12.3 Å². The van der Waals surface area contributed by atoms with E-state index < -0.39 is 18.2 Å². The van der Waals surface area contributed by atoms with E-state index >= 15 is 0 Å². The Bertz CT molecular complexity index is 1280. The van der Waals surface area contributed by atoms with Gasteiger partial charge in [-0.3, -0.25) is 4.68 Å². The third-order valence-electron chi connectivity index (χ3n) is 4.56. The largest absolute Gasteiger partial charge is 0.588 e. The second-order valence-corrected chi connectivity index (χ2v) is 7.67. The summed E-state index contributed by atoms with van der Waals surface area (Å²) in [6, 6.07) is 6.60. The summed E-state index contributed by atoms with van der Waals surface area (Å²) in [5.74, 6) is 2.84. The van der Waals surface area contributed by atoms with E-state index in [0.29, 0.717) is 17.5 Å². The van der Waals surface area contributed by atoms with Gasteiger partial charge in [0.1, 0.15) is 28.2 Å². The van der Waals surface area contributed by atoms with Gasteiger partial charge in [-0.05, 0) is 29.7 Å². The zero-order valence-corrected chi connectivity index (χ0v) is 18.4. The minimum atomic E-state index is -1.96.